The number of carboxylic acids is 1. The Kier molecular flexibility index (Phi) is 5.10. The van der Waals surface area contributed by atoms with Gasteiger partial charge >= 0.3 is 11.6 Å². The first kappa shape index (κ1) is 20.4. The van der Waals surface area contributed by atoms with Crippen LogP contribution < -0.4 is 10.9 Å². The number of benzene rings is 2. The number of amides is 1. The van der Waals surface area contributed by atoms with Crippen molar-refractivity contribution < 1.29 is 23.5 Å². The summed E-state index contributed by atoms with van der Waals surface area (Å²) in [6.45, 7) is 5.13. The first-order chi connectivity index (χ1) is 14.7. The molecule has 4 aromatic rings. The highest BCUT2D eigenvalue weighted by Gasteiger charge is 2.20. The molecule has 2 aromatic carbocycles. The van der Waals surface area contributed by atoms with Gasteiger partial charge in [-0.05, 0) is 38.0 Å². The van der Waals surface area contributed by atoms with E-state index in [-0.39, 0.29) is 12.0 Å². The van der Waals surface area contributed by atoms with Crippen molar-refractivity contribution in [3.8, 4) is 11.1 Å². The summed E-state index contributed by atoms with van der Waals surface area (Å²) in [5.74, 6) is -1.71. The summed E-state index contributed by atoms with van der Waals surface area (Å²) in [6, 6.07) is 10.6. The fourth-order valence-corrected chi connectivity index (χ4v) is 3.59. The third-order valence-electron chi connectivity index (χ3n) is 5.43. The largest absolute Gasteiger partial charge is 0.480 e. The Morgan fingerprint density at radius 3 is 2.45 bits per heavy atom. The summed E-state index contributed by atoms with van der Waals surface area (Å²) < 4.78 is 11.2. The predicted octanol–water partition coefficient (Wildman–Crippen LogP) is 3.95. The first-order valence-electron chi connectivity index (χ1n) is 9.81. The van der Waals surface area contributed by atoms with Gasteiger partial charge in [0.15, 0.2) is 0 Å². The number of carboxylic acid groups (broad SMARTS) is 1. The molecule has 2 N–H and O–H groups in total. The predicted molar refractivity (Wildman–Crippen MR) is 116 cm³/mol. The molecule has 0 aliphatic carbocycles. The standard InChI is InChI=1S/C24H21NO6/c1-12-4-6-15(7-5-12)19-11-30-20-10-21-16(8-18(19)20)13(2)17(24(29)31-21)9-22(26)25-14(3)23(27)28/h4-8,10-11,14H,9H2,1-3H3,(H,25,26)(H,27,28)/t14-/m1/s1. The van der Waals surface area contributed by atoms with E-state index in [2.05, 4.69) is 5.32 Å². The topological polar surface area (TPSA) is 110 Å². The Bertz CT molecular complexity index is 1380. The molecule has 7 heteroatoms. The van der Waals surface area contributed by atoms with E-state index in [1.54, 1.807) is 19.3 Å². The van der Waals surface area contributed by atoms with Gasteiger partial charge < -0.3 is 19.3 Å². The maximum Gasteiger partial charge on any atom is 0.340 e. The zero-order valence-corrected chi connectivity index (χ0v) is 17.3. The van der Waals surface area contributed by atoms with Crippen LogP contribution in [-0.4, -0.2) is 23.0 Å². The summed E-state index contributed by atoms with van der Waals surface area (Å²) in [4.78, 5) is 35.7. The van der Waals surface area contributed by atoms with Gasteiger partial charge in [0.05, 0.1) is 18.2 Å². The Balaban J connectivity index is 1.79. The van der Waals surface area contributed by atoms with Gasteiger partial charge in [-0.15, -0.1) is 0 Å². The summed E-state index contributed by atoms with van der Waals surface area (Å²) >= 11 is 0. The van der Waals surface area contributed by atoms with Crippen LogP contribution in [0.2, 0.25) is 0 Å². The number of nitrogens with one attached hydrogen (secondary N) is 1. The summed E-state index contributed by atoms with van der Waals surface area (Å²) in [5, 5.41) is 12.9. The van der Waals surface area contributed by atoms with Gasteiger partial charge in [-0.25, -0.2) is 4.79 Å². The number of aryl methyl sites for hydroxylation is 2. The van der Waals surface area contributed by atoms with Crippen LogP contribution >= 0.6 is 0 Å². The molecule has 31 heavy (non-hydrogen) atoms. The quantitative estimate of drug-likeness (QED) is 0.474. The minimum Gasteiger partial charge on any atom is -0.480 e. The number of fused-ring (bicyclic) bond motifs is 2. The Hall–Kier alpha value is -3.87. The van der Waals surface area contributed by atoms with Crippen molar-refractivity contribution in [1.82, 2.24) is 5.32 Å². The van der Waals surface area contributed by atoms with E-state index in [9.17, 15) is 14.4 Å². The van der Waals surface area contributed by atoms with Gasteiger partial charge in [0.2, 0.25) is 5.91 Å². The van der Waals surface area contributed by atoms with Crippen molar-refractivity contribution in [2.24, 2.45) is 0 Å². The molecular formula is C24H21NO6. The van der Waals surface area contributed by atoms with Crippen molar-refractivity contribution >= 4 is 33.8 Å². The van der Waals surface area contributed by atoms with Crippen molar-refractivity contribution in [2.75, 3.05) is 0 Å². The third-order valence-corrected chi connectivity index (χ3v) is 5.43. The lowest BCUT2D eigenvalue weighted by molar-refractivity contribution is -0.141. The summed E-state index contributed by atoms with van der Waals surface area (Å²) in [6.07, 6.45) is 1.40. The number of hydrogen-bond donors (Lipinski definition) is 2. The minimum absolute atomic E-state index is 0.197. The molecule has 2 heterocycles. The molecule has 0 spiro atoms. The van der Waals surface area contributed by atoms with Crippen LogP contribution in [0.3, 0.4) is 0 Å². The highest BCUT2D eigenvalue weighted by Crippen LogP contribution is 2.34. The molecule has 1 atom stereocenters. The molecule has 0 unspecified atom stereocenters. The van der Waals surface area contributed by atoms with E-state index in [0.717, 1.165) is 22.1 Å². The smallest absolute Gasteiger partial charge is 0.340 e. The van der Waals surface area contributed by atoms with Crippen LogP contribution in [0.4, 0.5) is 0 Å². The maximum atomic E-state index is 12.5. The second-order valence-corrected chi connectivity index (χ2v) is 7.66. The Labute approximate surface area is 177 Å². The van der Waals surface area contributed by atoms with E-state index < -0.39 is 23.5 Å². The molecule has 0 aliphatic heterocycles. The van der Waals surface area contributed by atoms with Crippen LogP contribution in [0.15, 0.2) is 56.3 Å². The van der Waals surface area contributed by atoms with Crippen molar-refractivity contribution in [3.63, 3.8) is 0 Å². The Morgan fingerprint density at radius 2 is 1.77 bits per heavy atom. The highest BCUT2D eigenvalue weighted by atomic mass is 16.4. The average molecular weight is 419 g/mol. The number of furan rings is 1. The number of hydrogen-bond acceptors (Lipinski definition) is 5. The molecule has 1 amide bonds. The molecule has 0 saturated heterocycles. The third kappa shape index (κ3) is 3.82. The molecule has 0 bridgehead atoms. The minimum atomic E-state index is -1.15. The molecule has 0 aliphatic rings. The molecule has 0 saturated carbocycles. The van der Waals surface area contributed by atoms with Gasteiger partial charge in [-0.2, -0.15) is 0 Å². The first-order valence-corrected chi connectivity index (χ1v) is 9.81. The fraction of sp³-hybridized carbons (Fsp3) is 0.208. The lowest BCUT2D eigenvalue weighted by Gasteiger charge is -2.11. The Morgan fingerprint density at radius 1 is 1.06 bits per heavy atom. The molecular weight excluding hydrogens is 398 g/mol. The lowest BCUT2D eigenvalue weighted by Crippen LogP contribution is -2.39. The monoisotopic (exact) mass is 419 g/mol. The number of aliphatic carboxylic acids is 1. The molecule has 7 nitrogen and oxygen atoms in total. The van der Waals surface area contributed by atoms with Gasteiger partial charge in [0, 0.05) is 22.4 Å². The van der Waals surface area contributed by atoms with Gasteiger partial charge in [0.25, 0.3) is 0 Å². The molecule has 158 valence electrons. The van der Waals surface area contributed by atoms with Crippen LogP contribution in [0, 0.1) is 13.8 Å². The molecule has 0 fully saturated rings. The average Bonchev–Trinajstić information content (AvgIpc) is 3.13. The van der Waals surface area contributed by atoms with Crippen molar-refractivity contribution in [3.05, 3.63) is 69.8 Å². The fourth-order valence-electron chi connectivity index (χ4n) is 3.59. The zero-order valence-electron chi connectivity index (χ0n) is 17.3. The summed E-state index contributed by atoms with van der Waals surface area (Å²) in [7, 11) is 0. The molecule has 4 rings (SSSR count). The number of rotatable bonds is 5. The second-order valence-electron chi connectivity index (χ2n) is 7.66. The summed E-state index contributed by atoms with van der Waals surface area (Å²) in [5.41, 5.74) is 4.20. The number of carbonyl (C=O) groups is 2. The zero-order chi connectivity index (χ0) is 22.3. The maximum absolute atomic E-state index is 12.5. The van der Waals surface area contributed by atoms with E-state index in [1.807, 2.05) is 37.3 Å². The van der Waals surface area contributed by atoms with E-state index in [1.165, 1.54) is 6.92 Å². The SMILES string of the molecule is Cc1ccc(-c2coc3cc4oc(=O)c(CC(=O)N[C@H](C)C(=O)O)c(C)c4cc23)cc1. The van der Waals surface area contributed by atoms with Crippen LogP contribution in [0.25, 0.3) is 33.1 Å². The molecule has 2 aromatic heterocycles. The second kappa shape index (κ2) is 7.75. The van der Waals surface area contributed by atoms with Gasteiger partial charge in [-0.1, -0.05) is 29.8 Å². The van der Waals surface area contributed by atoms with Crippen molar-refractivity contribution in [2.45, 2.75) is 33.2 Å². The van der Waals surface area contributed by atoms with Gasteiger partial charge in [0.1, 0.15) is 17.2 Å². The normalized spacial score (nSPS) is 12.2. The van der Waals surface area contributed by atoms with Crippen molar-refractivity contribution in [1.29, 1.82) is 0 Å². The lowest BCUT2D eigenvalue weighted by atomic mass is 9.99. The van der Waals surface area contributed by atoms with E-state index in [4.69, 9.17) is 13.9 Å². The van der Waals surface area contributed by atoms with Gasteiger partial charge in [-0.3, -0.25) is 9.59 Å². The number of carbonyl (C=O) groups excluding carboxylic acids is 1. The van der Waals surface area contributed by atoms with E-state index in [0.29, 0.717) is 22.1 Å². The van der Waals surface area contributed by atoms with Crippen LogP contribution in [0.1, 0.15) is 23.6 Å². The molecule has 0 radical (unpaired) electrons. The van der Waals surface area contributed by atoms with Crippen LogP contribution in [-0.2, 0) is 16.0 Å². The van der Waals surface area contributed by atoms with E-state index >= 15 is 0 Å². The van der Waals surface area contributed by atoms with Crippen LogP contribution in [0.5, 0.6) is 0 Å². The highest BCUT2D eigenvalue weighted by molar-refractivity contribution is 6.02.